The number of aryl methyl sites for hydroxylation is 2. The molecule has 16 heteroatoms. The van der Waals surface area contributed by atoms with Crippen molar-refractivity contribution < 1.29 is 22.7 Å². The maximum atomic E-state index is 13.8. The van der Waals surface area contributed by atoms with Crippen LogP contribution in [0.4, 0.5) is 0 Å². The molecule has 0 spiro atoms. The maximum absolute atomic E-state index is 13.8. The number of ether oxygens (including phenoxy) is 1. The van der Waals surface area contributed by atoms with Gasteiger partial charge in [0, 0.05) is 54.4 Å². The van der Waals surface area contributed by atoms with E-state index in [4.69, 9.17) is 45.1 Å². The lowest BCUT2D eigenvalue weighted by Gasteiger charge is -2.37. The number of nitrogens with one attached hydrogen (secondary N) is 1. The van der Waals surface area contributed by atoms with Crippen molar-refractivity contribution in [3.05, 3.63) is 63.3 Å². The van der Waals surface area contributed by atoms with E-state index in [2.05, 4.69) is 14.7 Å². The van der Waals surface area contributed by atoms with E-state index in [1.54, 1.807) is 15.9 Å². The summed E-state index contributed by atoms with van der Waals surface area (Å²) >= 11 is 13.2. The number of benzene rings is 2. The summed E-state index contributed by atoms with van der Waals surface area (Å²) in [6.45, 7) is 7.28. The van der Waals surface area contributed by atoms with Gasteiger partial charge in [0.1, 0.15) is 28.8 Å². The quantitative estimate of drug-likeness (QED) is 0.0946. The molecule has 1 aliphatic heterocycles. The van der Waals surface area contributed by atoms with Gasteiger partial charge in [-0.25, -0.2) is 13.4 Å². The molecular formula is C35H48Cl2N8O5S. The molecule has 0 aliphatic carbocycles. The van der Waals surface area contributed by atoms with Crippen molar-refractivity contribution in [2.24, 2.45) is 22.2 Å². The number of nitrogens with two attached hydrogens (primary N) is 3. The first-order chi connectivity index (χ1) is 24.2. The molecule has 2 aromatic carbocycles. The van der Waals surface area contributed by atoms with Crippen LogP contribution in [0.2, 0.25) is 10.0 Å². The Balaban J connectivity index is 1.43. The number of hydrogen-bond acceptors (Lipinski definition) is 8. The van der Waals surface area contributed by atoms with Crippen LogP contribution in [0.3, 0.4) is 0 Å². The van der Waals surface area contributed by atoms with Gasteiger partial charge >= 0.3 is 0 Å². The molecule has 1 aliphatic rings. The van der Waals surface area contributed by atoms with Crippen LogP contribution in [0.15, 0.2) is 46.3 Å². The number of amides is 2. The lowest BCUT2D eigenvalue weighted by molar-refractivity contribution is -0.141. The highest BCUT2D eigenvalue weighted by Gasteiger charge is 2.34. The average Bonchev–Trinajstić information content (AvgIpc) is 3.09. The number of carbonyl (C=O) groups excluding carboxylic acids is 2. The summed E-state index contributed by atoms with van der Waals surface area (Å²) in [5, 5.41) is 1.07. The topological polar surface area (TPSA) is 199 Å². The molecule has 51 heavy (non-hydrogen) atoms. The Hall–Kier alpha value is -3.69. The largest absolute Gasteiger partial charge is 0.487 e. The summed E-state index contributed by atoms with van der Waals surface area (Å²) in [4.78, 5) is 38.3. The second-order valence-corrected chi connectivity index (χ2v) is 15.2. The Morgan fingerprint density at radius 2 is 1.69 bits per heavy atom. The minimum absolute atomic E-state index is 0.0253. The summed E-state index contributed by atoms with van der Waals surface area (Å²) in [6.07, 6.45) is 3.53. The van der Waals surface area contributed by atoms with Gasteiger partial charge in [0.25, 0.3) is 0 Å². The minimum Gasteiger partial charge on any atom is -0.487 e. The summed E-state index contributed by atoms with van der Waals surface area (Å²) in [5.41, 5.74) is 19.7. The van der Waals surface area contributed by atoms with Crippen molar-refractivity contribution in [3.8, 4) is 5.75 Å². The van der Waals surface area contributed by atoms with Crippen molar-refractivity contribution in [2.45, 2.75) is 82.9 Å². The van der Waals surface area contributed by atoms with E-state index in [1.807, 2.05) is 39.0 Å². The maximum Gasteiger partial charge on any atom is 0.242 e. The van der Waals surface area contributed by atoms with Gasteiger partial charge in [-0.15, -0.1) is 0 Å². The fraction of sp³-hybridized carbons (Fsp3) is 0.486. The number of nitrogens with zero attached hydrogens (tertiary/aromatic N) is 4. The zero-order valence-corrected chi connectivity index (χ0v) is 31.7. The van der Waals surface area contributed by atoms with Crippen LogP contribution in [0.5, 0.6) is 5.75 Å². The predicted octanol–water partition coefficient (Wildman–Crippen LogP) is 4.02. The summed E-state index contributed by atoms with van der Waals surface area (Å²) < 4.78 is 36.4. The number of rotatable bonds is 16. The Labute approximate surface area is 309 Å². The summed E-state index contributed by atoms with van der Waals surface area (Å²) in [5.74, 6) is -0.0271. The van der Waals surface area contributed by atoms with Crippen LogP contribution in [-0.4, -0.2) is 85.8 Å². The molecule has 0 saturated carbocycles. The van der Waals surface area contributed by atoms with Crippen molar-refractivity contribution in [1.29, 1.82) is 0 Å². The highest BCUT2D eigenvalue weighted by molar-refractivity contribution is 7.89. The van der Waals surface area contributed by atoms with E-state index in [0.717, 1.165) is 23.1 Å². The van der Waals surface area contributed by atoms with Crippen LogP contribution in [0, 0.1) is 13.8 Å². The van der Waals surface area contributed by atoms with Gasteiger partial charge in [0.05, 0.1) is 11.1 Å². The molecule has 278 valence electrons. The van der Waals surface area contributed by atoms with Crippen molar-refractivity contribution in [3.63, 3.8) is 0 Å². The number of carbonyl (C=O) groups is 2. The molecule has 2 atom stereocenters. The highest BCUT2D eigenvalue weighted by atomic mass is 35.5. The molecule has 0 unspecified atom stereocenters. The van der Waals surface area contributed by atoms with Gasteiger partial charge in [-0.3, -0.25) is 14.6 Å². The van der Waals surface area contributed by atoms with Gasteiger partial charge < -0.3 is 31.7 Å². The summed E-state index contributed by atoms with van der Waals surface area (Å²) in [6, 6.07) is 8.64. The number of sulfonamides is 1. The number of unbranched alkanes of at least 4 members (excludes halogenated alkanes) is 2. The van der Waals surface area contributed by atoms with Crippen molar-refractivity contribution in [2.75, 3.05) is 32.7 Å². The van der Waals surface area contributed by atoms with Gasteiger partial charge in [-0.1, -0.05) is 55.1 Å². The van der Waals surface area contributed by atoms with E-state index in [1.165, 1.54) is 12.1 Å². The SMILES string of the molecule is CCCC[C@H](NS(=O)(=O)c1ccc(Cl)c(COc2cccc3c(C)cc(C)nc23)c1Cl)C(=O)N1CCN(C(=O)[C@@H](N)CCCCN=C(N)N)CC1. The Bertz CT molecular complexity index is 1850. The Morgan fingerprint density at radius 1 is 1.00 bits per heavy atom. The molecule has 0 bridgehead atoms. The first kappa shape index (κ1) is 40.1. The molecule has 3 aromatic rings. The highest BCUT2D eigenvalue weighted by Crippen LogP contribution is 2.34. The second-order valence-electron chi connectivity index (χ2n) is 12.7. The van der Waals surface area contributed by atoms with E-state index < -0.39 is 22.1 Å². The molecule has 1 aromatic heterocycles. The molecule has 2 amide bonds. The van der Waals surface area contributed by atoms with E-state index in [-0.39, 0.29) is 77.5 Å². The first-order valence-electron chi connectivity index (χ1n) is 17.1. The Morgan fingerprint density at radius 3 is 2.35 bits per heavy atom. The monoisotopic (exact) mass is 762 g/mol. The van der Waals surface area contributed by atoms with E-state index >= 15 is 0 Å². The third kappa shape index (κ3) is 10.4. The number of fused-ring (bicyclic) bond motifs is 1. The van der Waals surface area contributed by atoms with Crippen LogP contribution >= 0.6 is 23.2 Å². The smallest absolute Gasteiger partial charge is 0.242 e. The number of guanidine groups is 1. The van der Waals surface area contributed by atoms with Crippen LogP contribution in [0.25, 0.3) is 10.9 Å². The second kappa shape index (κ2) is 18.2. The number of para-hydroxylation sites is 1. The van der Waals surface area contributed by atoms with Gasteiger partial charge in [0.15, 0.2) is 5.96 Å². The summed E-state index contributed by atoms with van der Waals surface area (Å²) in [7, 11) is -4.28. The fourth-order valence-corrected chi connectivity index (χ4v) is 8.15. The third-order valence-electron chi connectivity index (χ3n) is 8.83. The number of halogens is 2. The lowest BCUT2D eigenvalue weighted by atomic mass is 10.1. The van der Waals surface area contributed by atoms with Crippen molar-refractivity contribution in [1.82, 2.24) is 19.5 Å². The van der Waals surface area contributed by atoms with E-state index in [0.29, 0.717) is 43.5 Å². The number of hydrogen-bond donors (Lipinski definition) is 4. The lowest BCUT2D eigenvalue weighted by Crippen LogP contribution is -2.57. The van der Waals surface area contributed by atoms with Gasteiger partial charge in [-0.05, 0) is 69.4 Å². The number of pyridine rings is 1. The molecule has 4 rings (SSSR count). The minimum atomic E-state index is -4.28. The normalized spacial score (nSPS) is 14.7. The molecule has 2 heterocycles. The van der Waals surface area contributed by atoms with Crippen LogP contribution in [-0.2, 0) is 26.2 Å². The molecular weight excluding hydrogens is 715 g/mol. The predicted molar refractivity (Wildman–Crippen MR) is 201 cm³/mol. The number of aliphatic imine (C=N–C) groups is 1. The average molecular weight is 764 g/mol. The molecule has 13 nitrogen and oxygen atoms in total. The molecule has 7 N–H and O–H groups in total. The standard InChI is InChI=1S/C35H48Cl2N8O5S/c1-4-5-11-28(34(47)45-18-16-44(17-19-45)33(46)27(38)10-6-7-15-41-35(39)40)43-51(48,49)30-14-13-26(36)25(31(30)37)21-50-29-12-8-9-24-22(2)20-23(3)42-32(24)29/h8-9,12-14,20,27-28,43H,4-7,10-11,15-19,21,38H2,1-3H3,(H4,39,40,41)/t27-,28-/m0/s1. The van der Waals surface area contributed by atoms with Crippen LogP contribution in [0.1, 0.15) is 62.3 Å². The number of aromatic nitrogens is 1. The third-order valence-corrected chi connectivity index (χ3v) is 11.2. The van der Waals surface area contributed by atoms with Crippen LogP contribution < -0.4 is 26.7 Å². The Kier molecular flexibility index (Phi) is 14.3. The van der Waals surface area contributed by atoms with Gasteiger partial charge in [0.2, 0.25) is 21.8 Å². The zero-order valence-electron chi connectivity index (χ0n) is 29.3. The fourth-order valence-electron chi connectivity index (χ4n) is 6.04. The van der Waals surface area contributed by atoms with Crippen molar-refractivity contribution >= 4 is 61.9 Å². The molecule has 1 fully saturated rings. The number of piperazine rings is 1. The zero-order chi connectivity index (χ0) is 37.3. The van der Waals surface area contributed by atoms with E-state index in [9.17, 15) is 18.0 Å². The first-order valence-corrected chi connectivity index (χ1v) is 19.3. The molecule has 0 radical (unpaired) electrons. The van der Waals surface area contributed by atoms with Gasteiger partial charge in [-0.2, -0.15) is 4.72 Å². The molecule has 1 saturated heterocycles.